The van der Waals surface area contributed by atoms with E-state index in [1.54, 1.807) is 0 Å². The van der Waals surface area contributed by atoms with Crippen molar-refractivity contribution in [3.63, 3.8) is 0 Å². The van der Waals surface area contributed by atoms with Gasteiger partial charge in [-0.15, -0.1) is 11.3 Å². The highest BCUT2D eigenvalue weighted by Gasteiger charge is 2.29. The van der Waals surface area contributed by atoms with Gasteiger partial charge in [0.1, 0.15) is 0 Å². The quantitative estimate of drug-likeness (QED) is 0.759. The summed E-state index contributed by atoms with van der Waals surface area (Å²) in [4.78, 5) is 4.80. The summed E-state index contributed by atoms with van der Waals surface area (Å²) in [7, 11) is 0. The molecular weight excluding hydrogens is 264 g/mol. The topological polar surface area (TPSA) is 24.9 Å². The van der Waals surface area contributed by atoms with Gasteiger partial charge in [-0.2, -0.15) is 0 Å². The van der Waals surface area contributed by atoms with Crippen LogP contribution in [0.2, 0.25) is 0 Å². The molecule has 0 bridgehead atoms. The van der Waals surface area contributed by atoms with E-state index in [4.69, 9.17) is 4.98 Å². The lowest BCUT2D eigenvalue weighted by Gasteiger charge is -2.33. The highest BCUT2D eigenvalue weighted by molar-refractivity contribution is 7.18. The fourth-order valence-corrected chi connectivity index (χ4v) is 3.53. The zero-order valence-corrected chi connectivity index (χ0v) is 13.9. The van der Waals surface area contributed by atoms with Gasteiger partial charge < -0.3 is 5.32 Å². The molecule has 0 radical (unpaired) electrons. The third-order valence-electron chi connectivity index (χ3n) is 4.24. The monoisotopic (exact) mass is 290 g/mol. The van der Waals surface area contributed by atoms with Gasteiger partial charge in [-0.25, -0.2) is 4.98 Å². The van der Waals surface area contributed by atoms with Gasteiger partial charge in [-0.3, -0.25) is 0 Å². The van der Waals surface area contributed by atoms with Gasteiger partial charge in [0.05, 0.1) is 15.2 Å². The molecule has 0 aliphatic carbocycles. The van der Waals surface area contributed by atoms with E-state index in [0.29, 0.717) is 5.92 Å². The van der Waals surface area contributed by atoms with Crippen molar-refractivity contribution < 1.29 is 0 Å². The second kappa shape index (κ2) is 6.68. The molecule has 1 atom stereocenters. The maximum atomic E-state index is 4.80. The van der Waals surface area contributed by atoms with Crippen LogP contribution in [0.3, 0.4) is 0 Å². The van der Waals surface area contributed by atoms with Crippen LogP contribution in [0.4, 0.5) is 0 Å². The molecule has 1 aromatic heterocycles. The number of hydrogen-bond donors (Lipinski definition) is 1. The van der Waals surface area contributed by atoms with Crippen LogP contribution in [-0.4, -0.2) is 18.1 Å². The van der Waals surface area contributed by atoms with Crippen LogP contribution in [0.1, 0.15) is 39.1 Å². The highest BCUT2D eigenvalue weighted by Crippen LogP contribution is 2.33. The SMILES string of the molecule is CCCNCC(C)(Cc1nc2ccccc2s1)C(C)C. The minimum Gasteiger partial charge on any atom is -0.316 e. The number of fused-ring (bicyclic) bond motifs is 1. The molecule has 0 aliphatic rings. The number of thiazole rings is 1. The van der Waals surface area contributed by atoms with E-state index in [-0.39, 0.29) is 5.41 Å². The summed E-state index contributed by atoms with van der Waals surface area (Å²) in [5.41, 5.74) is 1.41. The van der Waals surface area contributed by atoms with Gasteiger partial charge in [0, 0.05) is 13.0 Å². The predicted molar refractivity (Wildman–Crippen MR) is 89.4 cm³/mol. The van der Waals surface area contributed by atoms with Crippen molar-refractivity contribution in [2.75, 3.05) is 13.1 Å². The Morgan fingerprint density at radius 2 is 2.05 bits per heavy atom. The van der Waals surface area contributed by atoms with Crippen molar-refractivity contribution in [3.8, 4) is 0 Å². The lowest BCUT2D eigenvalue weighted by molar-refractivity contribution is 0.207. The van der Waals surface area contributed by atoms with Crippen LogP contribution in [0, 0.1) is 11.3 Å². The van der Waals surface area contributed by atoms with Crippen molar-refractivity contribution in [1.82, 2.24) is 10.3 Å². The Hall–Kier alpha value is -0.930. The molecule has 2 nitrogen and oxygen atoms in total. The largest absolute Gasteiger partial charge is 0.316 e. The molecule has 2 rings (SSSR count). The number of nitrogens with zero attached hydrogens (tertiary/aromatic N) is 1. The minimum atomic E-state index is 0.267. The Kier molecular flexibility index (Phi) is 5.17. The first-order valence-electron chi connectivity index (χ1n) is 7.60. The standard InChI is InChI=1S/C17H26N2S/c1-5-10-18-12-17(4,13(2)3)11-16-19-14-8-6-7-9-15(14)20-16/h6-9,13,18H,5,10-12H2,1-4H3. The van der Waals surface area contributed by atoms with Gasteiger partial charge in [0.15, 0.2) is 0 Å². The summed E-state index contributed by atoms with van der Waals surface area (Å²) in [5, 5.41) is 4.85. The van der Waals surface area contributed by atoms with Gasteiger partial charge in [-0.05, 0) is 36.4 Å². The van der Waals surface area contributed by atoms with Gasteiger partial charge in [0.2, 0.25) is 0 Å². The van der Waals surface area contributed by atoms with Crippen LogP contribution in [0.5, 0.6) is 0 Å². The molecule has 2 aromatic rings. The Morgan fingerprint density at radius 1 is 1.30 bits per heavy atom. The number of aromatic nitrogens is 1. The lowest BCUT2D eigenvalue weighted by Crippen LogP contribution is -2.38. The number of hydrogen-bond acceptors (Lipinski definition) is 3. The predicted octanol–water partition coefficient (Wildman–Crippen LogP) is 4.50. The Balaban J connectivity index is 2.14. The van der Waals surface area contributed by atoms with Crippen LogP contribution in [-0.2, 0) is 6.42 Å². The molecule has 3 heteroatoms. The van der Waals surface area contributed by atoms with Gasteiger partial charge in [-0.1, -0.05) is 39.8 Å². The molecule has 1 N–H and O–H groups in total. The first-order chi connectivity index (χ1) is 9.55. The van der Waals surface area contributed by atoms with Crippen LogP contribution >= 0.6 is 11.3 Å². The molecule has 0 spiro atoms. The summed E-state index contributed by atoms with van der Waals surface area (Å²) >= 11 is 1.84. The summed E-state index contributed by atoms with van der Waals surface area (Å²) in [6, 6.07) is 8.43. The van der Waals surface area contributed by atoms with E-state index in [1.165, 1.54) is 16.1 Å². The fourth-order valence-electron chi connectivity index (χ4n) is 2.36. The molecule has 1 aromatic carbocycles. The average Bonchev–Trinajstić information content (AvgIpc) is 2.80. The zero-order chi connectivity index (χ0) is 14.6. The maximum Gasteiger partial charge on any atom is 0.0944 e. The second-order valence-corrected chi connectivity index (χ2v) is 7.35. The molecule has 1 unspecified atom stereocenters. The Morgan fingerprint density at radius 3 is 2.70 bits per heavy atom. The Bertz CT molecular complexity index is 514. The third-order valence-corrected chi connectivity index (χ3v) is 5.28. The van der Waals surface area contributed by atoms with Gasteiger partial charge >= 0.3 is 0 Å². The normalized spacial score (nSPS) is 14.8. The molecule has 0 saturated carbocycles. The smallest absolute Gasteiger partial charge is 0.0944 e. The van der Waals surface area contributed by atoms with E-state index in [0.717, 1.165) is 25.0 Å². The van der Waals surface area contributed by atoms with E-state index >= 15 is 0 Å². The zero-order valence-electron chi connectivity index (χ0n) is 13.1. The molecule has 110 valence electrons. The van der Waals surface area contributed by atoms with Crippen molar-refractivity contribution in [2.45, 2.75) is 40.5 Å². The summed E-state index contributed by atoms with van der Waals surface area (Å²) < 4.78 is 1.30. The molecule has 0 amide bonds. The molecule has 0 aliphatic heterocycles. The second-order valence-electron chi connectivity index (χ2n) is 6.24. The van der Waals surface area contributed by atoms with E-state index in [9.17, 15) is 0 Å². The molecule has 0 saturated heterocycles. The van der Waals surface area contributed by atoms with Crippen LogP contribution < -0.4 is 5.32 Å². The van der Waals surface area contributed by atoms with Crippen molar-refractivity contribution >= 4 is 21.6 Å². The average molecular weight is 290 g/mol. The van der Waals surface area contributed by atoms with Gasteiger partial charge in [0.25, 0.3) is 0 Å². The minimum absolute atomic E-state index is 0.267. The van der Waals surface area contributed by atoms with Crippen LogP contribution in [0.25, 0.3) is 10.2 Å². The van der Waals surface area contributed by atoms with Crippen molar-refractivity contribution in [2.24, 2.45) is 11.3 Å². The first-order valence-corrected chi connectivity index (χ1v) is 8.42. The van der Waals surface area contributed by atoms with Crippen molar-refractivity contribution in [1.29, 1.82) is 0 Å². The lowest BCUT2D eigenvalue weighted by atomic mass is 9.76. The first kappa shape index (κ1) is 15.5. The molecule has 0 fully saturated rings. The number of nitrogens with one attached hydrogen (secondary N) is 1. The number of benzene rings is 1. The Labute approximate surface area is 126 Å². The summed E-state index contributed by atoms with van der Waals surface area (Å²) in [6.07, 6.45) is 2.25. The highest BCUT2D eigenvalue weighted by atomic mass is 32.1. The van der Waals surface area contributed by atoms with E-state index in [1.807, 2.05) is 11.3 Å². The fraction of sp³-hybridized carbons (Fsp3) is 0.588. The maximum absolute atomic E-state index is 4.80. The van der Waals surface area contributed by atoms with E-state index < -0.39 is 0 Å². The molecular formula is C17H26N2S. The van der Waals surface area contributed by atoms with E-state index in [2.05, 4.69) is 57.3 Å². The molecule has 20 heavy (non-hydrogen) atoms. The third kappa shape index (κ3) is 3.58. The summed E-state index contributed by atoms with van der Waals surface area (Å²) in [6.45, 7) is 11.4. The number of para-hydroxylation sites is 1. The molecule has 1 heterocycles. The van der Waals surface area contributed by atoms with Crippen molar-refractivity contribution in [3.05, 3.63) is 29.3 Å². The number of rotatable bonds is 7. The van der Waals surface area contributed by atoms with Crippen LogP contribution in [0.15, 0.2) is 24.3 Å². The summed E-state index contributed by atoms with van der Waals surface area (Å²) in [5.74, 6) is 0.638.